The Bertz CT molecular complexity index is 1450. The van der Waals surface area contributed by atoms with E-state index >= 15 is 0 Å². The fourth-order valence-corrected chi connectivity index (χ4v) is 4.66. The van der Waals surface area contributed by atoms with E-state index < -0.39 is 5.97 Å². The average Bonchev–Trinajstić information content (AvgIpc) is 3.45. The number of halogens is 1. The number of hydrogen-bond acceptors (Lipinski definition) is 6. The van der Waals surface area contributed by atoms with Crippen molar-refractivity contribution in [1.29, 1.82) is 0 Å². The van der Waals surface area contributed by atoms with Crippen LogP contribution in [0.3, 0.4) is 0 Å². The Morgan fingerprint density at radius 3 is 2.35 bits per heavy atom. The van der Waals surface area contributed by atoms with E-state index in [9.17, 15) is 9.90 Å². The van der Waals surface area contributed by atoms with Gasteiger partial charge in [-0.1, -0.05) is 42.5 Å². The van der Waals surface area contributed by atoms with Crippen LogP contribution < -0.4 is 10.1 Å². The number of thiophene rings is 1. The molecule has 2 heterocycles. The van der Waals surface area contributed by atoms with Crippen molar-refractivity contribution < 1.29 is 14.6 Å². The Morgan fingerprint density at radius 1 is 0.892 bits per heavy atom. The zero-order chi connectivity index (χ0) is 24.7. The highest BCUT2D eigenvalue weighted by Crippen LogP contribution is 2.28. The minimum atomic E-state index is -0.946. The monoisotopic (exact) mass is 529 g/mol. The number of rotatable bonds is 9. The van der Waals surface area contributed by atoms with E-state index in [0.29, 0.717) is 17.9 Å². The molecule has 5 aromatic rings. The van der Waals surface area contributed by atoms with Crippen LogP contribution in [0.4, 0.5) is 0 Å². The molecule has 0 fully saturated rings. The second kappa shape index (κ2) is 12.3. The summed E-state index contributed by atoms with van der Waals surface area (Å²) in [6, 6.07) is 30.0. The molecule has 0 radical (unpaired) electrons. The number of nitrogens with one attached hydrogen (secondary N) is 1. The summed E-state index contributed by atoms with van der Waals surface area (Å²) in [4.78, 5) is 22.1. The summed E-state index contributed by atoms with van der Waals surface area (Å²) in [6.07, 6.45) is 1.75. The van der Waals surface area contributed by atoms with Gasteiger partial charge in [-0.15, -0.1) is 23.7 Å². The highest BCUT2D eigenvalue weighted by atomic mass is 35.5. The first-order valence-electron chi connectivity index (χ1n) is 11.4. The Morgan fingerprint density at radius 2 is 1.62 bits per heavy atom. The fourth-order valence-electron chi connectivity index (χ4n) is 3.86. The van der Waals surface area contributed by atoms with Crippen molar-refractivity contribution in [3.05, 3.63) is 130 Å². The highest BCUT2D eigenvalue weighted by molar-refractivity contribution is 7.10. The minimum absolute atomic E-state index is 0. The highest BCUT2D eigenvalue weighted by Gasteiger charge is 2.20. The maximum atomic E-state index is 11.6. The van der Waals surface area contributed by atoms with Gasteiger partial charge >= 0.3 is 5.97 Å². The number of aromatic nitrogens is 2. The van der Waals surface area contributed by atoms with Gasteiger partial charge in [0, 0.05) is 23.2 Å². The number of carbonyl (C=O) groups is 1. The maximum absolute atomic E-state index is 11.6. The van der Waals surface area contributed by atoms with Crippen LogP contribution in [0.25, 0.3) is 11.3 Å². The number of carboxylic acids is 1. The molecule has 0 aliphatic rings. The number of benzene rings is 3. The normalized spacial score (nSPS) is 11.4. The summed E-state index contributed by atoms with van der Waals surface area (Å²) in [5.41, 5.74) is 2.72. The predicted molar refractivity (Wildman–Crippen MR) is 148 cm³/mol. The summed E-state index contributed by atoms with van der Waals surface area (Å²) in [5, 5.41) is 15.0. The van der Waals surface area contributed by atoms with Gasteiger partial charge in [-0.05, 0) is 65.5 Å². The third-order valence-corrected chi connectivity index (χ3v) is 6.57. The molecule has 37 heavy (non-hydrogen) atoms. The molecule has 1 unspecified atom stereocenters. The third kappa shape index (κ3) is 6.40. The van der Waals surface area contributed by atoms with Gasteiger partial charge in [0.15, 0.2) is 5.82 Å². The van der Waals surface area contributed by atoms with Gasteiger partial charge in [0.25, 0.3) is 0 Å². The van der Waals surface area contributed by atoms with Gasteiger partial charge in [-0.3, -0.25) is 5.32 Å². The number of aromatic carboxylic acids is 1. The van der Waals surface area contributed by atoms with Crippen LogP contribution in [-0.2, 0) is 6.54 Å². The Hall–Kier alpha value is -4.04. The lowest BCUT2D eigenvalue weighted by Gasteiger charge is -2.18. The molecule has 0 saturated heterocycles. The molecule has 3 aromatic carbocycles. The van der Waals surface area contributed by atoms with Crippen LogP contribution in [0.1, 0.15) is 32.7 Å². The van der Waals surface area contributed by atoms with Crippen molar-refractivity contribution in [2.75, 3.05) is 0 Å². The lowest BCUT2D eigenvalue weighted by Crippen LogP contribution is -2.24. The zero-order valence-electron chi connectivity index (χ0n) is 19.7. The van der Waals surface area contributed by atoms with Crippen molar-refractivity contribution >= 4 is 29.7 Å². The van der Waals surface area contributed by atoms with E-state index in [-0.39, 0.29) is 24.0 Å². The smallest absolute Gasteiger partial charge is 0.336 e. The molecule has 5 rings (SSSR count). The second-order valence-corrected chi connectivity index (χ2v) is 9.01. The van der Waals surface area contributed by atoms with Crippen LogP contribution >= 0.6 is 23.7 Å². The standard InChI is InChI=1S/C29H23N3O3S.ClH/c33-29(34)24-10-5-4-7-21(24)19-31-27(26-11-6-18-36-26)28-30-17-16-25(32-28)20-12-14-23(15-13-20)35-22-8-2-1-3-9-22;/h1-18,27,31H,19H2,(H,33,34);1H. The van der Waals surface area contributed by atoms with Crippen LogP contribution in [-0.4, -0.2) is 21.0 Å². The fraction of sp³-hybridized carbons (Fsp3) is 0.0690. The molecular formula is C29H24ClN3O3S. The summed E-state index contributed by atoms with van der Waals surface area (Å²) in [5.74, 6) is 1.20. The molecule has 0 amide bonds. The van der Waals surface area contributed by atoms with Crippen molar-refractivity contribution in [3.63, 3.8) is 0 Å². The number of nitrogens with zero attached hydrogens (tertiary/aromatic N) is 2. The molecule has 2 aromatic heterocycles. The van der Waals surface area contributed by atoms with Gasteiger partial charge in [-0.2, -0.15) is 0 Å². The molecule has 1 atom stereocenters. The molecule has 0 bridgehead atoms. The molecule has 0 spiro atoms. The molecule has 6 nitrogen and oxygen atoms in total. The topological polar surface area (TPSA) is 84.3 Å². The van der Waals surface area contributed by atoms with Crippen LogP contribution in [0, 0.1) is 0 Å². The van der Waals surface area contributed by atoms with Gasteiger partial charge in [-0.25, -0.2) is 14.8 Å². The van der Waals surface area contributed by atoms with Crippen molar-refractivity contribution in [3.8, 4) is 22.8 Å². The molecule has 8 heteroatoms. The second-order valence-electron chi connectivity index (χ2n) is 8.03. The zero-order valence-corrected chi connectivity index (χ0v) is 21.3. The summed E-state index contributed by atoms with van der Waals surface area (Å²) in [6.45, 7) is 0.365. The van der Waals surface area contributed by atoms with Crippen LogP contribution in [0.15, 0.2) is 109 Å². The Kier molecular flexibility index (Phi) is 8.64. The molecular weight excluding hydrogens is 506 g/mol. The summed E-state index contributed by atoms with van der Waals surface area (Å²) in [7, 11) is 0. The minimum Gasteiger partial charge on any atom is -0.478 e. The van der Waals surface area contributed by atoms with Gasteiger partial charge in [0.2, 0.25) is 0 Å². The molecule has 0 saturated carbocycles. The molecule has 2 N–H and O–H groups in total. The van der Waals surface area contributed by atoms with E-state index in [2.05, 4.69) is 10.3 Å². The molecule has 0 aliphatic carbocycles. The lowest BCUT2D eigenvalue weighted by molar-refractivity contribution is 0.0695. The van der Waals surface area contributed by atoms with Crippen molar-refractivity contribution in [2.45, 2.75) is 12.6 Å². The van der Waals surface area contributed by atoms with Crippen LogP contribution in [0.2, 0.25) is 0 Å². The van der Waals surface area contributed by atoms with Gasteiger partial charge < -0.3 is 9.84 Å². The first-order chi connectivity index (χ1) is 17.7. The number of ether oxygens (including phenoxy) is 1. The first-order valence-corrected chi connectivity index (χ1v) is 12.3. The van der Waals surface area contributed by atoms with E-state index in [1.54, 1.807) is 29.7 Å². The lowest BCUT2D eigenvalue weighted by atomic mass is 10.1. The largest absolute Gasteiger partial charge is 0.478 e. The van der Waals surface area contributed by atoms with Gasteiger partial charge in [0.1, 0.15) is 17.5 Å². The number of carboxylic acid groups (broad SMARTS) is 1. The van der Waals surface area contributed by atoms with E-state index in [0.717, 1.165) is 27.6 Å². The quantitative estimate of drug-likeness (QED) is 0.214. The summed E-state index contributed by atoms with van der Waals surface area (Å²) >= 11 is 1.60. The number of hydrogen-bond donors (Lipinski definition) is 2. The predicted octanol–water partition coefficient (Wildman–Crippen LogP) is 7.00. The van der Waals surface area contributed by atoms with Crippen molar-refractivity contribution in [1.82, 2.24) is 15.3 Å². The van der Waals surface area contributed by atoms with E-state index in [1.165, 1.54) is 0 Å². The molecule has 186 valence electrons. The van der Waals surface area contributed by atoms with Crippen molar-refractivity contribution in [2.24, 2.45) is 0 Å². The van der Waals surface area contributed by atoms with E-state index in [4.69, 9.17) is 9.72 Å². The Labute approximate surface area is 225 Å². The third-order valence-electron chi connectivity index (χ3n) is 5.63. The average molecular weight is 530 g/mol. The van der Waals surface area contributed by atoms with Gasteiger partial charge in [0.05, 0.1) is 11.3 Å². The SMILES string of the molecule is Cl.O=C(O)c1ccccc1CNC(c1nccc(-c2ccc(Oc3ccccc3)cc2)n1)c1cccs1. The maximum Gasteiger partial charge on any atom is 0.336 e. The van der Waals surface area contributed by atoms with E-state index in [1.807, 2.05) is 90.3 Å². The summed E-state index contributed by atoms with van der Waals surface area (Å²) < 4.78 is 5.90. The molecule has 0 aliphatic heterocycles. The van der Waals surface area contributed by atoms with Crippen LogP contribution in [0.5, 0.6) is 11.5 Å². The Balaban J connectivity index is 0.00000320. The number of para-hydroxylation sites is 1. The first kappa shape index (κ1) is 26.0.